The van der Waals surface area contributed by atoms with E-state index in [0.717, 1.165) is 18.9 Å². The lowest BCUT2D eigenvalue weighted by Crippen LogP contribution is -2.38. The molecule has 0 aromatic heterocycles. The third kappa shape index (κ3) is 1.95. The topological polar surface area (TPSA) is 46.5 Å². The van der Waals surface area contributed by atoms with Gasteiger partial charge in [-0.1, -0.05) is 20.8 Å². The number of phenolic OH excluding ortho intramolecular Hbond substituents is 1. The molecule has 0 aliphatic heterocycles. The van der Waals surface area contributed by atoms with Crippen molar-refractivity contribution in [2.75, 3.05) is 0 Å². The molecular formula is C17H21FO3. The Bertz CT molecular complexity index is 596. The number of hydrogen-bond donors (Lipinski definition) is 1. The molecule has 0 spiro atoms. The Hall–Kier alpha value is -1.58. The number of aromatic hydroxyl groups is 1. The second-order valence-corrected chi connectivity index (χ2v) is 7.17. The number of halogens is 1. The first-order valence-corrected chi connectivity index (χ1v) is 7.45. The zero-order valence-electron chi connectivity index (χ0n) is 12.6. The van der Waals surface area contributed by atoms with E-state index in [1.165, 1.54) is 18.6 Å². The molecule has 0 amide bonds. The average molecular weight is 292 g/mol. The minimum atomic E-state index is -0.743. The molecule has 2 saturated carbocycles. The van der Waals surface area contributed by atoms with Crippen LogP contribution in [0.1, 0.15) is 50.4 Å². The number of fused-ring (bicyclic) bond motifs is 2. The van der Waals surface area contributed by atoms with Crippen LogP contribution < -0.4 is 0 Å². The van der Waals surface area contributed by atoms with Crippen molar-refractivity contribution in [2.24, 2.45) is 16.7 Å². The molecule has 3 unspecified atom stereocenters. The van der Waals surface area contributed by atoms with Gasteiger partial charge in [-0.15, -0.1) is 0 Å². The summed E-state index contributed by atoms with van der Waals surface area (Å²) in [7, 11) is 0. The van der Waals surface area contributed by atoms with Crippen LogP contribution >= 0.6 is 0 Å². The monoisotopic (exact) mass is 292 g/mol. The lowest BCUT2D eigenvalue weighted by molar-refractivity contribution is -0.0245. The van der Waals surface area contributed by atoms with Gasteiger partial charge in [-0.25, -0.2) is 9.18 Å². The molecule has 3 atom stereocenters. The Morgan fingerprint density at radius 3 is 2.62 bits per heavy atom. The largest absolute Gasteiger partial charge is 0.508 e. The first kappa shape index (κ1) is 14.4. The van der Waals surface area contributed by atoms with E-state index in [9.17, 15) is 14.3 Å². The fourth-order valence-electron chi connectivity index (χ4n) is 4.17. The molecule has 2 aliphatic rings. The number of carbonyl (C=O) groups is 1. The van der Waals surface area contributed by atoms with Gasteiger partial charge in [0.15, 0.2) is 0 Å². The quantitative estimate of drug-likeness (QED) is 0.841. The molecule has 3 rings (SSSR count). The molecule has 2 fully saturated rings. The molecule has 0 saturated heterocycles. The van der Waals surface area contributed by atoms with E-state index in [0.29, 0.717) is 5.92 Å². The van der Waals surface area contributed by atoms with E-state index in [1.54, 1.807) is 0 Å². The van der Waals surface area contributed by atoms with Crippen molar-refractivity contribution in [2.45, 2.75) is 46.1 Å². The molecule has 2 aliphatic carbocycles. The predicted octanol–water partition coefficient (Wildman–Crippen LogP) is 3.90. The molecule has 0 radical (unpaired) electrons. The molecular weight excluding hydrogens is 271 g/mol. The first-order valence-electron chi connectivity index (χ1n) is 7.45. The summed E-state index contributed by atoms with van der Waals surface area (Å²) in [5.74, 6) is -1.02. The van der Waals surface area contributed by atoms with E-state index < -0.39 is 11.8 Å². The highest BCUT2D eigenvalue weighted by Gasteiger charge is 2.62. The number of ether oxygens (including phenoxy) is 1. The van der Waals surface area contributed by atoms with Gasteiger partial charge in [-0.2, -0.15) is 0 Å². The summed E-state index contributed by atoms with van der Waals surface area (Å²) in [6, 6.07) is 3.50. The number of phenols is 1. The minimum Gasteiger partial charge on any atom is -0.508 e. The molecule has 1 aromatic rings. The van der Waals surface area contributed by atoms with Gasteiger partial charge in [-0.05, 0) is 42.7 Å². The van der Waals surface area contributed by atoms with Gasteiger partial charge in [0, 0.05) is 11.5 Å². The first-order chi connectivity index (χ1) is 9.75. The molecule has 1 aromatic carbocycles. The van der Waals surface area contributed by atoms with E-state index in [1.807, 2.05) is 0 Å². The average Bonchev–Trinajstić information content (AvgIpc) is 2.71. The standard InChI is InChI=1S/C17H21FO3/c1-16(2)10-6-7-17(16,3)14(8-10)21-15(20)12-5-4-11(19)9-13(12)18/h4-5,9-10,14,19H,6-8H2,1-3H3. The maximum atomic E-state index is 13.7. The third-order valence-electron chi connectivity index (χ3n) is 6.14. The number of carbonyl (C=O) groups excluding carboxylic acids is 1. The summed E-state index contributed by atoms with van der Waals surface area (Å²) in [4.78, 5) is 12.2. The summed E-state index contributed by atoms with van der Waals surface area (Å²) < 4.78 is 19.4. The molecule has 4 heteroatoms. The van der Waals surface area contributed by atoms with Gasteiger partial charge in [0.25, 0.3) is 0 Å². The van der Waals surface area contributed by atoms with Crippen LogP contribution in [0.15, 0.2) is 18.2 Å². The Morgan fingerprint density at radius 2 is 2.10 bits per heavy atom. The van der Waals surface area contributed by atoms with E-state index in [-0.39, 0.29) is 28.2 Å². The van der Waals surface area contributed by atoms with Crippen molar-refractivity contribution < 1.29 is 19.0 Å². The maximum absolute atomic E-state index is 13.7. The molecule has 2 bridgehead atoms. The SMILES string of the molecule is CC1(C)C2CCC1(C)C(OC(=O)c1ccc(O)cc1F)C2. The molecule has 114 valence electrons. The van der Waals surface area contributed by atoms with Gasteiger partial charge in [0.1, 0.15) is 17.7 Å². The van der Waals surface area contributed by atoms with Crippen molar-refractivity contribution in [3.05, 3.63) is 29.6 Å². The smallest absolute Gasteiger partial charge is 0.341 e. The highest BCUT2D eigenvalue weighted by Crippen LogP contribution is 2.66. The van der Waals surface area contributed by atoms with E-state index in [4.69, 9.17) is 4.74 Å². The van der Waals surface area contributed by atoms with Crippen molar-refractivity contribution in [3.63, 3.8) is 0 Å². The lowest BCUT2D eigenvalue weighted by atomic mass is 9.70. The Kier molecular flexibility index (Phi) is 3.05. The van der Waals surface area contributed by atoms with Crippen molar-refractivity contribution >= 4 is 5.97 Å². The summed E-state index contributed by atoms with van der Waals surface area (Å²) in [6.45, 7) is 6.64. The van der Waals surface area contributed by atoms with Crippen LogP contribution in [0.25, 0.3) is 0 Å². The summed E-state index contributed by atoms with van der Waals surface area (Å²) in [5, 5.41) is 9.21. The van der Waals surface area contributed by atoms with Crippen LogP contribution in [-0.2, 0) is 4.74 Å². The highest BCUT2D eigenvalue weighted by molar-refractivity contribution is 5.90. The van der Waals surface area contributed by atoms with Crippen molar-refractivity contribution in [1.29, 1.82) is 0 Å². The van der Waals surface area contributed by atoms with Gasteiger partial charge < -0.3 is 9.84 Å². The zero-order valence-corrected chi connectivity index (χ0v) is 12.6. The normalized spacial score (nSPS) is 33.1. The van der Waals surface area contributed by atoms with Crippen LogP contribution in [0.4, 0.5) is 4.39 Å². The zero-order chi connectivity index (χ0) is 15.4. The Labute approximate surface area is 124 Å². The highest BCUT2D eigenvalue weighted by atomic mass is 19.1. The fraction of sp³-hybridized carbons (Fsp3) is 0.588. The van der Waals surface area contributed by atoms with E-state index in [2.05, 4.69) is 20.8 Å². The van der Waals surface area contributed by atoms with Gasteiger partial charge >= 0.3 is 5.97 Å². The molecule has 21 heavy (non-hydrogen) atoms. The Balaban J connectivity index is 1.80. The van der Waals surface area contributed by atoms with Gasteiger partial charge in [-0.3, -0.25) is 0 Å². The van der Waals surface area contributed by atoms with Crippen molar-refractivity contribution in [1.82, 2.24) is 0 Å². The van der Waals surface area contributed by atoms with Gasteiger partial charge in [0.2, 0.25) is 0 Å². The van der Waals surface area contributed by atoms with Crippen LogP contribution in [0.3, 0.4) is 0 Å². The molecule has 1 N–H and O–H groups in total. The van der Waals surface area contributed by atoms with Crippen LogP contribution in [0.5, 0.6) is 5.75 Å². The fourth-order valence-corrected chi connectivity index (χ4v) is 4.17. The third-order valence-corrected chi connectivity index (χ3v) is 6.14. The number of rotatable bonds is 2. The predicted molar refractivity (Wildman–Crippen MR) is 76.5 cm³/mol. The van der Waals surface area contributed by atoms with Crippen LogP contribution in [0.2, 0.25) is 0 Å². The Morgan fingerprint density at radius 1 is 1.38 bits per heavy atom. The van der Waals surface area contributed by atoms with Gasteiger partial charge in [0.05, 0.1) is 5.56 Å². The second kappa shape index (κ2) is 4.46. The number of esters is 1. The summed E-state index contributed by atoms with van der Waals surface area (Å²) >= 11 is 0. The molecule has 3 nitrogen and oxygen atoms in total. The molecule has 0 heterocycles. The minimum absolute atomic E-state index is 0.0410. The van der Waals surface area contributed by atoms with Crippen LogP contribution in [0, 0.1) is 22.6 Å². The lowest BCUT2D eigenvalue weighted by Gasteiger charge is -2.38. The number of hydrogen-bond acceptors (Lipinski definition) is 3. The van der Waals surface area contributed by atoms with Crippen LogP contribution in [-0.4, -0.2) is 17.2 Å². The summed E-state index contributed by atoms with van der Waals surface area (Å²) in [5.41, 5.74) is -0.0106. The van der Waals surface area contributed by atoms with E-state index >= 15 is 0 Å². The number of benzene rings is 1. The summed E-state index contributed by atoms with van der Waals surface area (Å²) in [6.07, 6.45) is 2.91. The second-order valence-electron chi connectivity index (χ2n) is 7.17. The van der Waals surface area contributed by atoms with Crippen molar-refractivity contribution in [3.8, 4) is 5.75 Å². The maximum Gasteiger partial charge on any atom is 0.341 e.